The highest BCUT2D eigenvalue weighted by Gasteiger charge is 2.32. The smallest absolute Gasteiger partial charge is 0.443 e. The molecule has 0 radical (unpaired) electrons. The molecule has 0 rings (SSSR count). The molecule has 0 spiro atoms. The standard InChI is InChI=1S/C13H25N3O7S/c1-8-24(19,20)23-16(11(18)22-13(5,6)7)9(14)15-10(17)21-12(2,3)4/h8H2,1-7H3,(H2,14,15,17). The van der Waals surface area contributed by atoms with E-state index >= 15 is 0 Å². The SMILES string of the molecule is CCS(=O)(=O)ON(C(=N)NC(=O)OC(C)(C)C)C(=O)OC(C)(C)C. The third-order valence-electron chi connectivity index (χ3n) is 1.92. The average Bonchev–Trinajstić information content (AvgIpc) is 2.31. The van der Waals surface area contributed by atoms with E-state index in [-0.39, 0.29) is 5.06 Å². The van der Waals surface area contributed by atoms with Gasteiger partial charge in [-0.05, 0) is 48.5 Å². The van der Waals surface area contributed by atoms with E-state index in [1.165, 1.54) is 6.92 Å². The second kappa shape index (κ2) is 7.79. The Kier molecular flexibility index (Phi) is 7.18. The summed E-state index contributed by atoms with van der Waals surface area (Å²) in [6.45, 7) is 10.7. The number of guanidine groups is 1. The molecule has 0 bridgehead atoms. The lowest BCUT2D eigenvalue weighted by atomic mass is 10.2. The van der Waals surface area contributed by atoms with E-state index in [0.29, 0.717) is 0 Å². The molecule has 0 aliphatic heterocycles. The molecule has 0 fully saturated rings. The molecular weight excluding hydrogens is 342 g/mol. The molecule has 0 atom stereocenters. The van der Waals surface area contributed by atoms with Crippen molar-refractivity contribution in [1.82, 2.24) is 10.4 Å². The minimum absolute atomic E-state index is 0.0357. The van der Waals surface area contributed by atoms with Crippen LogP contribution in [0.2, 0.25) is 0 Å². The Hall–Kier alpha value is -1.88. The first kappa shape index (κ1) is 22.1. The molecular formula is C13H25N3O7S. The van der Waals surface area contributed by atoms with Crippen molar-refractivity contribution >= 4 is 28.3 Å². The van der Waals surface area contributed by atoms with Crippen molar-refractivity contribution in [3.8, 4) is 0 Å². The lowest BCUT2D eigenvalue weighted by Crippen LogP contribution is -2.50. The number of carbonyl (C=O) groups excluding carboxylic acids is 2. The van der Waals surface area contributed by atoms with E-state index in [9.17, 15) is 18.0 Å². The van der Waals surface area contributed by atoms with Gasteiger partial charge in [-0.3, -0.25) is 10.7 Å². The third-order valence-corrected chi connectivity index (χ3v) is 3.01. The molecule has 0 aliphatic rings. The van der Waals surface area contributed by atoms with Gasteiger partial charge in [0.05, 0.1) is 5.75 Å². The number of alkyl carbamates (subject to hydrolysis) is 1. The largest absolute Gasteiger partial charge is 0.444 e. The second-order valence-corrected chi connectivity index (χ2v) is 8.51. The summed E-state index contributed by atoms with van der Waals surface area (Å²) in [6.07, 6.45) is -2.33. The molecule has 140 valence electrons. The van der Waals surface area contributed by atoms with Gasteiger partial charge in [-0.2, -0.15) is 8.42 Å². The number of nitrogens with one attached hydrogen (secondary N) is 2. The minimum Gasteiger partial charge on any atom is -0.444 e. The van der Waals surface area contributed by atoms with E-state index in [1.54, 1.807) is 41.5 Å². The van der Waals surface area contributed by atoms with Gasteiger partial charge in [0.15, 0.2) is 0 Å². The second-order valence-electron chi connectivity index (χ2n) is 6.67. The van der Waals surface area contributed by atoms with Gasteiger partial charge in [-0.15, -0.1) is 9.35 Å². The Morgan fingerprint density at radius 3 is 1.88 bits per heavy atom. The molecule has 0 aromatic rings. The average molecular weight is 367 g/mol. The molecule has 2 N–H and O–H groups in total. The number of hydrogen-bond acceptors (Lipinski definition) is 8. The van der Waals surface area contributed by atoms with Crippen molar-refractivity contribution < 1.29 is 31.8 Å². The first-order valence-electron chi connectivity index (χ1n) is 7.10. The van der Waals surface area contributed by atoms with Gasteiger partial charge < -0.3 is 9.47 Å². The Morgan fingerprint density at radius 2 is 1.50 bits per heavy atom. The summed E-state index contributed by atoms with van der Waals surface area (Å²) in [6, 6.07) is 0. The zero-order valence-electron chi connectivity index (χ0n) is 14.9. The van der Waals surface area contributed by atoms with E-state index in [4.69, 9.17) is 14.9 Å². The zero-order valence-corrected chi connectivity index (χ0v) is 15.7. The van der Waals surface area contributed by atoms with Crippen molar-refractivity contribution in [1.29, 1.82) is 5.41 Å². The first-order chi connectivity index (χ1) is 10.6. The number of rotatable bonds is 3. The molecule has 0 aliphatic carbocycles. The Labute approximate surface area is 142 Å². The van der Waals surface area contributed by atoms with E-state index in [2.05, 4.69) is 4.28 Å². The quantitative estimate of drug-likeness (QED) is 0.442. The fourth-order valence-electron chi connectivity index (χ4n) is 1.08. The van der Waals surface area contributed by atoms with Gasteiger partial charge in [-0.25, -0.2) is 9.59 Å². The van der Waals surface area contributed by atoms with Crippen molar-refractivity contribution in [2.24, 2.45) is 0 Å². The summed E-state index contributed by atoms with van der Waals surface area (Å²) >= 11 is 0. The van der Waals surface area contributed by atoms with Crippen LogP contribution in [0, 0.1) is 5.41 Å². The van der Waals surface area contributed by atoms with Crippen LogP contribution in [-0.2, 0) is 23.9 Å². The predicted molar refractivity (Wildman–Crippen MR) is 85.7 cm³/mol. The molecule has 0 aromatic carbocycles. The summed E-state index contributed by atoms with van der Waals surface area (Å²) in [5.74, 6) is -1.41. The highest BCUT2D eigenvalue weighted by atomic mass is 32.2. The van der Waals surface area contributed by atoms with Crippen molar-refractivity contribution in [2.45, 2.75) is 59.7 Å². The molecule has 0 unspecified atom stereocenters. The molecule has 0 saturated carbocycles. The molecule has 0 saturated heterocycles. The van der Waals surface area contributed by atoms with Crippen molar-refractivity contribution in [3.63, 3.8) is 0 Å². The third kappa shape index (κ3) is 9.30. The van der Waals surface area contributed by atoms with Crippen LogP contribution in [0.15, 0.2) is 0 Å². The van der Waals surface area contributed by atoms with Crippen LogP contribution in [0.3, 0.4) is 0 Å². The van der Waals surface area contributed by atoms with Crippen LogP contribution in [0.25, 0.3) is 0 Å². The highest BCUT2D eigenvalue weighted by molar-refractivity contribution is 7.86. The molecule has 0 heterocycles. The van der Waals surface area contributed by atoms with Gasteiger partial charge in [0.2, 0.25) is 5.96 Å². The fraction of sp³-hybridized carbons (Fsp3) is 0.769. The number of hydrogen-bond donors (Lipinski definition) is 2. The lowest BCUT2D eigenvalue weighted by molar-refractivity contribution is -0.0292. The van der Waals surface area contributed by atoms with Crippen LogP contribution >= 0.6 is 0 Å². The molecule has 11 heteroatoms. The lowest BCUT2D eigenvalue weighted by Gasteiger charge is -2.26. The summed E-state index contributed by atoms with van der Waals surface area (Å²) in [4.78, 5) is 23.7. The zero-order chi connectivity index (χ0) is 19.3. The van der Waals surface area contributed by atoms with Gasteiger partial charge in [0.25, 0.3) is 10.1 Å². The summed E-state index contributed by atoms with van der Waals surface area (Å²) < 4.78 is 37.6. The monoisotopic (exact) mass is 367 g/mol. The summed E-state index contributed by atoms with van der Waals surface area (Å²) in [5.41, 5.74) is -1.82. The number of nitrogens with zero attached hydrogens (tertiary/aromatic N) is 1. The first-order valence-corrected chi connectivity index (χ1v) is 8.68. The number of amides is 2. The summed E-state index contributed by atoms with van der Waals surface area (Å²) in [7, 11) is -4.14. The Bertz CT molecular complexity index is 588. The maximum atomic E-state index is 12.0. The fourth-order valence-corrected chi connectivity index (χ4v) is 1.55. The van der Waals surface area contributed by atoms with Crippen molar-refractivity contribution in [3.05, 3.63) is 0 Å². The number of ether oxygens (including phenoxy) is 2. The van der Waals surface area contributed by atoms with Gasteiger partial charge in [0.1, 0.15) is 11.2 Å². The summed E-state index contributed by atoms with van der Waals surface area (Å²) in [5, 5.41) is 9.64. The number of carbonyl (C=O) groups is 2. The molecule has 10 nitrogen and oxygen atoms in total. The van der Waals surface area contributed by atoms with Crippen LogP contribution in [-0.4, -0.2) is 48.6 Å². The van der Waals surface area contributed by atoms with Crippen LogP contribution < -0.4 is 5.32 Å². The van der Waals surface area contributed by atoms with Crippen LogP contribution in [0.4, 0.5) is 9.59 Å². The molecule has 0 aromatic heterocycles. The van der Waals surface area contributed by atoms with E-state index in [0.717, 1.165) is 0 Å². The Balaban J connectivity index is 5.28. The minimum atomic E-state index is -4.14. The van der Waals surface area contributed by atoms with E-state index in [1.807, 2.05) is 5.32 Å². The Morgan fingerprint density at radius 1 is 1.04 bits per heavy atom. The predicted octanol–water partition coefficient (Wildman–Crippen LogP) is 1.96. The van der Waals surface area contributed by atoms with Crippen molar-refractivity contribution in [2.75, 3.05) is 5.75 Å². The van der Waals surface area contributed by atoms with Gasteiger partial charge in [0, 0.05) is 0 Å². The van der Waals surface area contributed by atoms with Gasteiger partial charge >= 0.3 is 12.2 Å². The maximum Gasteiger partial charge on any atom is 0.443 e. The molecule has 2 amide bonds. The van der Waals surface area contributed by atoms with Gasteiger partial charge in [-0.1, -0.05) is 0 Å². The number of hydroxylamine groups is 2. The molecule has 24 heavy (non-hydrogen) atoms. The topological polar surface area (TPSA) is 135 Å². The highest BCUT2D eigenvalue weighted by Crippen LogP contribution is 2.12. The van der Waals surface area contributed by atoms with Crippen LogP contribution in [0.5, 0.6) is 0 Å². The van der Waals surface area contributed by atoms with E-state index < -0.39 is 45.2 Å². The normalized spacial score (nSPS) is 12.3. The maximum absolute atomic E-state index is 12.0. The van der Waals surface area contributed by atoms with Crippen LogP contribution in [0.1, 0.15) is 48.5 Å².